The van der Waals surface area contributed by atoms with Gasteiger partial charge in [-0.3, -0.25) is 4.79 Å². The van der Waals surface area contributed by atoms with Crippen molar-refractivity contribution in [1.82, 2.24) is 16.0 Å². The van der Waals surface area contributed by atoms with Gasteiger partial charge in [-0.25, -0.2) is 9.18 Å². The first-order valence-corrected chi connectivity index (χ1v) is 9.36. The molecule has 0 bridgehead atoms. The number of benzene rings is 2. The highest BCUT2D eigenvalue weighted by Crippen LogP contribution is 2.08. The van der Waals surface area contributed by atoms with Crippen LogP contribution in [0.15, 0.2) is 54.6 Å². The lowest BCUT2D eigenvalue weighted by molar-refractivity contribution is -0.123. The van der Waals surface area contributed by atoms with Gasteiger partial charge in [0.05, 0.1) is 0 Å². The van der Waals surface area contributed by atoms with E-state index in [4.69, 9.17) is 5.73 Å². The van der Waals surface area contributed by atoms with Crippen LogP contribution in [-0.2, 0) is 11.3 Å². The third kappa shape index (κ3) is 8.50. The number of urea groups is 1. The molecule has 158 valence electrons. The van der Waals surface area contributed by atoms with Gasteiger partial charge in [0.2, 0.25) is 5.91 Å². The van der Waals surface area contributed by atoms with Gasteiger partial charge in [0.25, 0.3) is 0 Å². The summed E-state index contributed by atoms with van der Waals surface area (Å²) < 4.78 is 12.9. The molecule has 0 heterocycles. The SMILES string of the molecule is CCCC(NC(=O)NCc1ccc(F)cc1)C(=O)NCC(N)c1ccccc1.Cl. The predicted octanol–water partition coefficient (Wildman–Crippen LogP) is 3.03. The number of nitrogens with one attached hydrogen (secondary N) is 3. The molecule has 0 aliphatic heterocycles. The topological polar surface area (TPSA) is 96.2 Å². The maximum Gasteiger partial charge on any atom is 0.315 e. The van der Waals surface area contributed by atoms with E-state index in [-0.39, 0.29) is 43.3 Å². The van der Waals surface area contributed by atoms with E-state index in [2.05, 4.69) is 16.0 Å². The van der Waals surface area contributed by atoms with Crippen LogP contribution in [0.4, 0.5) is 9.18 Å². The summed E-state index contributed by atoms with van der Waals surface area (Å²) in [5.74, 6) is -0.605. The van der Waals surface area contributed by atoms with Gasteiger partial charge in [-0.05, 0) is 29.7 Å². The Morgan fingerprint density at radius 3 is 2.31 bits per heavy atom. The summed E-state index contributed by atoms with van der Waals surface area (Å²) in [5.41, 5.74) is 7.80. The molecule has 2 atom stereocenters. The first-order chi connectivity index (χ1) is 13.5. The minimum atomic E-state index is -0.652. The van der Waals surface area contributed by atoms with Gasteiger partial charge in [-0.1, -0.05) is 55.8 Å². The van der Waals surface area contributed by atoms with E-state index in [0.717, 1.165) is 17.5 Å². The van der Waals surface area contributed by atoms with Crippen molar-refractivity contribution in [1.29, 1.82) is 0 Å². The zero-order valence-electron chi connectivity index (χ0n) is 16.4. The Labute approximate surface area is 176 Å². The molecule has 0 spiro atoms. The first kappa shape index (κ1) is 24.4. The van der Waals surface area contributed by atoms with Crippen molar-refractivity contribution >= 4 is 24.3 Å². The Hall–Kier alpha value is -2.64. The number of halogens is 2. The van der Waals surface area contributed by atoms with Crippen LogP contribution < -0.4 is 21.7 Å². The third-order valence-corrected chi connectivity index (χ3v) is 4.29. The Morgan fingerprint density at radius 1 is 1.03 bits per heavy atom. The van der Waals surface area contributed by atoms with Gasteiger partial charge < -0.3 is 21.7 Å². The molecule has 8 heteroatoms. The van der Waals surface area contributed by atoms with Crippen LogP contribution in [0.2, 0.25) is 0 Å². The predicted molar refractivity (Wildman–Crippen MR) is 114 cm³/mol. The number of carbonyl (C=O) groups is 2. The second-order valence-corrected chi connectivity index (χ2v) is 6.56. The Morgan fingerprint density at radius 2 is 1.69 bits per heavy atom. The Bertz CT molecular complexity index is 759. The van der Waals surface area contributed by atoms with Crippen LogP contribution in [0.25, 0.3) is 0 Å². The standard InChI is InChI=1S/C21H27FN4O2.ClH/c1-2-6-19(20(27)24-14-18(23)16-7-4-3-5-8-16)26-21(28)25-13-15-9-11-17(22)12-10-15;/h3-5,7-12,18-19H,2,6,13-14,23H2,1H3,(H,24,27)(H2,25,26,28);1H. The molecular formula is C21H28ClFN4O2. The van der Waals surface area contributed by atoms with Crippen molar-refractivity contribution in [2.75, 3.05) is 6.54 Å². The minimum absolute atomic E-state index is 0. The highest BCUT2D eigenvalue weighted by atomic mass is 35.5. The lowest BCUT2D eigenvalue weighted by Crippen LogP contribution is -2.50. The van der Waals surface area contributed by atoms with Gasteiger partial charge in [-0.2, -0.15) is 0 Å². The van der Waals surface area contributed by atoms with Gasteiger partial charge in [-0.15, -0.1) is 12.4 Å². The highest BCUT2D eigenvalue weighted by molar-refractivity contribution is 5.87. The monoisotopic (exact) mass is 422 g/mol. The molecule has 3 amide bonds. The summed E-state index contributed by atoms with van der Waals surface area (Å²) in [4.78, 5) is 24.6. The molecule has 0 saturated heterocycles. The van der Waals surface area contributed by atoms with Crippen LogP contribution >= 0.6 is 12.4 Å². The van der Waals surface area contributed by atoms with Crippen molar-refractivity contribution in [2.24, 2.45) is 5.73 Å². The molecule has 29 heavy (non-hydrogen) atoms. The number of hydrogen-bond acceptors (Lipinski definition) is 3. The average molecular weight is 423 g/mol. The van der Waals surface area contributed by atoms with Gasteiger partial charge in [0, 0.05) is 19.1 Å². The molecule has 0 aliphatic carbocycles. The van der Waals surface area contributed by atoms with E-state index in [1.807, 2.05) is 37.3 Å². The fraction of sp³-hybridized carbons (Fsp3) is 0.333. The molecule has 0 aromatic heterocycles. The summed E-state index contributed by atoms with van der Waals surface area (Å²) in [6.45, 7) is 2.46. The van der Waals surface area contributed by atoms with Crippen molar-refractivity contribution in [3.63, 3.8) is 0 Å². The van der Waals surface area contributed by atoms with Crippen molar-refractivity contribution in [3.05, 3.63) is 71.5 Å². The molecular weight excluding hydrogens is 395 g/mol. The third-order valence-electron chi connectivity index (χ3n) is 4.29. The second-order valence-electron chi connectivity index (χ2n) is 6.56. The van der Waals surface area contributed by atoms with Crippen LogP contribution in [0.5, 0.6) is 0 Å². The van der Waals surface area contributed by atoms with Gasteiger partial charge >= 0.3 is 6.03 Å². The van der Waals surface area contributed by atoms with Crippen molar-refractivity contribution in [2.45, 2.75) is 38.4 Å². The van der Waals surface area contributed by atoms with E-state index >= 15 is 0 Å². The number of rotatable bonds is 9. The molecule has 2 rings (SSSR count). The smallest absolute Gasteiger partial charge is 0.315 e. The number of nitrogens with two attached hydrogens (primary N) is 1. The summed E-state index contributed by atoms with van der Waals surface area (Å²) >= 11 is 0. The quantitative estimate of drug-likeness (QED) is 0.500. The molecule has 0 saturated carbocycles. The Kier molecular flexibility index (Phi) is 10.7. The molecule has 5 N–H and O–H groups in total. The van der Waals surface area contributed by atoms with E-state index in [1.54, 1.807) is 12.1 Å². The zero-order valence-corrected chi connectivity index (χ0v) is 17.2. The maximum atomic E-state index is 12.9. The second kappa shape index (κ2) is 12.7. The lowest BCUT2D eigenvalue weighted by Gasteiger charge is -2.20. The normalized spacial score (nSPS) is 12.2. The van der Waals surface area contributed by atoms with Crippen molar-refractivity contribution in [3.8, 4) is 0 Å². The Balaban J connectivity index is 0.00000420. The molecule has 6 nitrogen and oxygen atoms in total. The summed E-state index contributed by atoms with van der Waals surface area (Å²) in [7, 11) is 0. The molecule has 2 aromatic carbocycles. The number of carbonyl (C=O) groups excluding carboxylic acids is 2. The largest absolute Gasteiger partial charge is 0.352 e. The van der Waals surface area contributed by atoms with Gasteiger partial charge in [0.15, 0.2) is 0 Å². The summed E-state index contributed by atoms with van der Waals surface area (Å²) in [6, 6.07) is 13.9. The minimum Gasteiger partial charge on any atom is -0.352 e. The number of hydrogen-bond donors (Lipinski definition) is 4. The molecule has 0 aliphatic rings. The van der Waals surface area contributed by atoms with E-state index in [0.29, 0.717) is 6.42 Å². The summed E-state index contributed by atoms with van der Waals surface area (Å²) in [6.07, 6.45) is 1.25. The van der Waals surface area contributed by atoms with E-state index in [9.17, 15) is 14.0 Å². The maximum absolute atomic E-state index is 12.9. The van der Waals surface area contributed by atoms with Crippen LogP contribution in [0.3, 0.4) is 0 Å². The molecule has 2 aromatic rings. The fourth-order valence-electron chi connectivity index (χ4n) is 2.70. The molecule has 0 fully saturated rings. The van der Waals surface area contributed by atoms with E-state index < -0.39 is 12.1 Å². The van der Waals surface area contributed by atoms with Crippen LogP contribution in [-0.4, -0.2) is 24.5 Å². The number of amides is 3. The zero-order chi connectivity index (χ0) is 20.4. The fourth-order valence-corrected chi connectivity index (χ4v) is 2.70. The highest BCUT2D eigenvalue weighted by Gasteiger charge is 2.20. The summed E-state index contributed by atoms with van der Waals surface area (Å²) in [5, 5.41) is 8.16. The first-order valence-electron chi connectivity index (χ1n) is 9.36. The average Bonchev–Trinajstić information content (AvgIpc) is 2.71. The molecule has 0 radical (unpaired) electrons. The van der Waals surface area contributed by atoms with Gasteiger partial charge in [0.1, 0.15) is 11.9 Å². The van der Waals surface area contributed by atoms with Crippen LogP contribution in [0, 0.1) is 5.82 Å². The van der Waals surface area contributed by atoms with Crippen molar-refractivity contribution < 1.29 is 14.0 Å². The molecule has 2 unspecified atom stereocenters. The van der Waals surface area contributed by atoms with Crippen LogP contribution in [0.1, 0.15) is 36.9 Å². The lowest BCUT2D eigenvalue weighted by atomic mass is 10.1. The van der Waals surface area contributed by atoms with E-state index in [1.165, 1.54) is 12.1 Å².